The van der Waals surface area contributed by atoms with Crippen LogP contribution < -0.4 is 0 Å². The third-order valence-corrected chi connectivity index (χ3v) is 6.53. The van der Waals surface area contributed by atoms with Gasteiger partial charge in [0.15, 0.2) is 0 Å². The Morgan fingerprint density at radius 3 is 1.50 bits per heavy atom. The third-order valence-electron chi connectivity index (χ3n) is 6.53. The second-order valence-electron chi connectivity index (χ2n) is 7.31. The summed E-state index contributed by atoms with van der Waals surface area (Å²) in [5.74, 6) is 0. The summed E-state index contributed by atoms with van der Waals surface area (Å²) in [6, 6.07) is 0.602. The predicted octanol–water partition coefficient (Wildman–Crippen LogP) is 4.01. The van der Waals surface area contributed by atoms with Gasteiger partial charge in [-0.2, -0.15) is 0 Å². The van der Waals surface area contributed by atoms with E-state index in [9.17, 15) is 5.21 Å². The smallest absolute Gasteiger partial charge is 0.0923 e. The highest BCUT2D eigenvalue weighted by atomic mass is 16.5. The van der Waals surface area contributed by atoms with Crippen molar-refractivity contribution in [3.63, 3.8) is 0 Å². The molecule has 1 radical (unpaired) electrons. The van der Waals surface area contributed by atoms with Gasteiger partial charge in [0, 0.05) is 12.8 Å². The summed E-state index contributed by atoms with van der Waals surface area (Å²) < 4.78 is 1.04. The molecule has 0 N–H and O–H groups in total. The average Bonchev–Trinajstić information content (AvgIpc) is 2.48. The molecule has 119 valence electrons. The molecule has 0 aromatic carbocycles. The number of piperidine rings is 1. The molecule has 0 spiro atoms. The fourth-order valence-electron chi connectivity index (χ4n) is 4.02. The SMILES string of the molecule is CCC1(CC)CC([N+](C)(C)CC)CC(CC)(CC)N1[O]. The van der Waals surface area contributed by atoms with Crippen molar-refractivity contribution in [2.24, 2.45) is 0 Å². The van der Waals surface area contributed by atoms with Crippen LogP contribution in [-0.4, -0.2) is 47.3 Å². The van der Waals surface area contributed by atoms with Gasteiger partial charge in [0.2, 0.25) is 0 Å². The van der Waals surface area contributed by atoms with E-state index in [-0.39, 0.29) is 11.1 Å². The minimum atomic E-state index is -0.153. The predicted molar refractivity (Wildman–Crippen MR) is 84.8 cm³/mol. The van der Waals surface area contributed by atoms with Crippen LogP contribution in [0.2, 0.25) is 0 Å². The Hall–Kier alpha value is -0.120. The molecule has 0 unspecified atom stereocenters. The summed E-state index contributed by atoms with van der Waals surface area (Å²) >= 11 is 0. The van der Waals surface area contributed by atoms with Gasteiger partial charge in [-0.05, 0) is 32.6 Å². The van der Waals surface area contributed by atoms with Crippen LogP contribution in [0, 0.1) is 0 Å². The summed E-state index contributed by atoms with van der Waals surface area (Å²) in [6.45, 7) is 12.2. The van der Waals surface area contributed by atoms with Crippen molar-refractivity contribution in [2.75, 3.05) is 20.6 Å². The molecule has 1 heterocycles. The second-order valence-corrected chi connectivity index (χ2v) is 7.31. The number of hydrogen-bond acceptors (Lipinski definition) is 1. The molecular weight excluding hydrogens is 248 g/mol. The first-order valence-corrected chi connectivity index (χ1v) is 8.57. The van der Waals surface area contributed by atoms with Crippen LogP contribution in [0.5, 0.6) is 0 Å². The van der Waals surface area contributed by atoms with E-state index in [0.717, 1.165) is 49.6 Å². The molecule has 0 amide bonds. The molecule has 3 nitrogen and oxygen atoms in total. The standard InChI is InChI=1S/C17H36N2O/c1-8-16(9-2)13-15(19(6,7)12-5)14-17(10-3,11-4)18(16)20/h15H,8-14H2,1-7H3/q+1. The van der Waals surface area contributed by atoms with Crippen LogP contribution in [0.25, 0.3) is 0 Å². The van der Waals surface area contributed by atoms with Gasteiger partial charge in [-0.3, -0.25) is 0 Å². The Morgan fingerprint density at radius 2 is 1.25 bits per heavy atom. The Balaban J connectivity index is 3.24. The summed E-state index contributed by atoms with van der Waals surface area (Å²) in [5, 5.41) is 14.7. The van der Waals surface area contributed by atoms with E-state index < -0.39 is 0 Å². The Bertz CT molecular complexity index is 284. The number of nitrogens with zero attached hydrogens (tertiary/aromatic N) is 2. The highest BCUT2D eigenvalue weighted by molar-refractivity contribution is 5.03. The molecule has 1 rings (SSSR count). The third kappa shape index (κ3) is 2.77. The van der Waals surface area contributed by atoms with Crippen LogP contribution in [0.15, 0.2) is 0 Å². The highest BCUT2D eigenvalue weighted by Crippen LogP contribution is 2.47. The first-order valence-electron chi connectivity index (χ1n) is 8.57. The van der Waals surface area contributed by atoms with Crippen molar-refractivity contribution in [3.05, 3.63) is 0 Å². The largest absolute Gasteiger partial charge is 0.326 e. The number of hydrogen-bond donors (Lipinski definition) is 0. The van der Waals surface area contributed by atoms with Gasteiger partial charge >= 0.3 is 0 Å². The molecule has 0 saturated carbocycles. The summed E-state index contributed by atoms with van der Waals surface area (Å²) in [4.78, 5) is 0. The minimum absolute atomic E-state index is 0.153. The number of hydroxylamine groups is 2. The fourth-order valence-corrected chi connectivity index (χ4v) is 4.02. The molecule has 1 fully saturated rings. The van der Waals surface area contributed by atoms with Crippen molar-refractivity contribution >= 4 is 0 Å². The van der Waals surface area contributed by atoms with Gasteiger partial charge in [-0.1, -0.05) is 27.7 Å². The van der Waals surface area contributed by atoms with Crippen molar-refractivity contribution in [2.45, 2.75) is 90.3 Å². The monoisotopic (exact) mass is 284 g/mol. The zero-order chi connectivity index (χ0) is 15.6. The van der Waals surface area contributed by atoms with Crippen LogP contribution in [0.4, 0.5) is 0 Å². The molecule has 0 atom stereocenters. The maximum absolute atomic E-state index is 13.2. The summed E-state index contributed by atoms with van der Waals surface area (Å²) in [6.07, 6.45) is 5.96. The van der Waals surface area contributed by atoms with E-state index >= 15 is 0 Å². The topological polar surface area (TPSA) is 23.1 Å². The van der Waals surface area contributed by atoms with Gasteiger partial charge in [0.25, 0.3) is 0 Å². The van der Waals surface area contributed by atoms with Crippen molar-refractivity contribution in [1.82, 2.24) is 5.06 Å². The lowest BCUT2D eigenvalue weighted by atomic mass is 9.70. The van der Waals surface area contributed by atoms with Gasteiger partial charge < -0.3 is 4.48 Å². The van der Waals surface area contributed by atoms with E-state index in [1.807, 2.05) is 0 Å². The van der Waals surface area contributed by atoms with Crippen LogP contribution in [-0.2, 0) is 5.21 Å². The fraction of sp³-hybridized carbons (Fsp3) is 1.00. The van der Waals surface area contributed by atoms with Crippen LogP contribution in [0.3, 0.4) is 0 Å². The van der Waals surface area contributed by atoms with Crippen molar-refractivity contribution < 1.29 is 9.69 Å². The van der Waals surface area contributed by atoms with E-state index in [4.69, 9.17) is 0 Å². The van der Waals surface area contributed by atoms with Crippen molar-refractivity contribution in [3.8, 4) is 0 Å². The lowest BCUT2D eigenvalue weighted by Gasteiger charge is -2.57. The zero-order valence-corrected chi connectivity index (χ0v) is 14.8. The van der Waals surface area contributed by atoms with E-state index in [0.29, 0.717) is 6.04 Å². The molecule has 0 aromatic rings. The van der Waals surface area contributed by atoms with Gasteiger partial charge in [0.1, 0.15) is 0 Å². The Morgan fingerprint density at radius 1 is 0.900 bits per heavy atom. The molecule has 3 heteroatoms. The summed E-state index contributed by atoms with van der Waals surface area (Å²) in [7, 11) is 4.66. The lowest BCUT2D eigenvalue weighted by Crippen LogP contribution is -2.68. The lowest BCUT2D eigenvalue weighted by molar-refractivity contribution is -0.917. The number of rotatable bonds is 6. The summed E-state index contributed by atoms with van der Waals surface area (Å²) in [5.41, 5.74) is -0.306. The molecule has 1 saturated heterocycles. The van der Waals surface area contributed by atoms with E-state index in [1.54, 1.807) is 0 Å². The Labute approximate surface area is 126 Å². The van der Waals surface area contributed by atoms with E-state index in [1.165, 1.54) is 5.06 Å². The normalized spacial score (nSPS) is 24.0. The molecule has 1 aliphatic rings. The maximum atomic E-state index is 13.2. The molecule has 0 aromatic heterocycles. The minimum Gasteiger partial charge on any atom is -0.326 e. The average molecular weight is 284 g/mol. The molecule has 0 aliphatic carbocycles. The molecule has 0 bridgehead atoms. The zero-order valence-electron chi connectivity index (χ0n) is 14.8. The number of quaternary nitrogens is 1. The maximum Gasteiger partial charge on any atom is 0.0923 e. The van der Waals surface area contributed by atoms with Crippen LogP contribution in [0.1, 0.15) is 73.1 Å². The first-order chi connectivity index (χ1) is 9.27. The second kappa shape index (κ2) is 6.33. The van der Waals surface area contributed by atoms with Gasteiger partial charge in [-0.25, -0.2) is 0 Å². The molecule has 20 heavy (non-hydrogen) atoms. The van der Waals surface area contributed by atoms with Gasteiger partial charge in [-0.15, -0.1) is 10.3 Å². The Kier molecular flexibility index (Phi) is 5.67. The molecule has 1 aliphatic heterocycles. The van der Waals surface area contributed by atoms with E-state index in [2.05, 4.69) is 48.7 Å². The quantitative estimate of drug-likeness (QED) is 0.676. The first kappa shape index (κ1) is 17.9. The highest BCUT2D eigenvalue weighted by Gasteiger charge is 2.55. The van der Waals surface area contributed by atoms with Crippen LogP contribution >= 0.6 is 0 Å². The van der Waals surface area contributed by atoms with Gasteiger partial charge in [0.05, 0.1) is 37.8 Å². The molecular formula is C17H36N2O+. The van der Waals surface area contributed by atoms with Crippen molar-refractivity contribution in [1.29, 1.82) is 0 Å².